The van der Waals surface area contributed by atoms with Gasteiger partial charge >= 0.3 is 5.97 Å². The second-order valence-corrected chi connectivity index (χ2v) is 11.0. The fourth-order valence-electron chi connectivity index (χ4n) is 4.90. The van der Waals surface area contributed by atoms with Gasteiger partial charge in [-0.1, -0.05) is 50.2 Å². The van der Waals surface area contributed by atoms with Crippen molar-refractivity contribution >= 4 is 23.1 Å². The van der Waals surface area contributed by atoms with E-state index < -0.39 is 0 Å². The molecule has 3 unspecified atom stereocenters. The minimum atomic E-state index is -0.195. The molecule has 1 aliphatic rings. The second-order valence-electron chi connectivity index (χ2n) is 9.83. The molecular formula is C30H32N2O3S. The minimum absolute atomic E-state index is 0.0596. The number of Topliss-reactive ketones (excluding diaryl/α,β-unsaturated/α-hetero) is 1. The number of ether oxygens (including phenoxy) is 1. The van der Waals surface area contributed by atoms with Crippen LogP contribution in [0.5, 0.6) is 0 Å². The third kappa shape index (κ3) is 6.47. The summed E-state index contributed by atoms with van der Waals surface area (Å²) < 4.78 is 5.63. The molecule has 6 heteroatoms. The summed E-state index contributed by atoms with van der Waals surface area (Å²) in [6.45, 7) is 4.46. The largest absolute Gasteiger partial charge is 0.465 e. The van der Waals surface area contributed by atoms with Gasteiger partial charge in [0, 0.05) is 35.0 Å². The Hall–Kier alpha value is -3.30. The molecule has 4 rings (SSSR count). The lowest BCUT2D eigenvalue weighted by Crippen LogP contribution is -2.21. The Bertz CT molecular complexity index is 1230. The maximum absolute atomic E-state index is 12.8. The smallest absolute Gasteiger partial charge is 0.306 e. The fourth-order valence-corrected chi connectivity index (χ4v) is 6.35. The SMILES string of the molecule is CC(CC(=O)Cc1sc2c(c1C#N)CCC(COC(=O)CC(C)c1cccnc1)C2)c1ccccc1. The number of rotatable bonds is 10. The molecule has 1 aliphatic carbocycles. The van der Waals surface area contributed by atoms with Gasteiger partial charge in [0.15, 0.2) is 0 Å². The van der Waals surface area contributed by atoms with Gasteiger partial charge in [0.05, 0.1) is 18.6 Å². The molecule has 0 bridgehead atoms. The number of ketones is 1. The van der Waals surface area contributed by atoms with Gasteiger partial charge in [-0.25, -0.2) is 0 Å². The lowest BCUT2D eigenvalue weighted by Gasteiger charge is -2.22. The van der Waals surface area contributed by atoms with Crippen molar-refractivity contribution in [1.29, 1.82) is 5.26 Å². The molecule has 3 aromatic rings. The summed E-state index contributed by atoms with van der Waals surface area (Å²) >= 11 is 1.59. The quantitative estimate of drug-likeness (QED) is 0.311. The normalized spacial score (nSPS) is 16.4. The third-order valence-electron chi connectivity index (χ3n) is 7.02. The molecule has 36 heavy (non-hydrogen) atoms. The van der Waals surface area contributed by atoms with Crippen LogP contribution in [0.1, 0.15) is 77.0 Å². The zero-order valence-electron chi connectivity index (χ0n) is 20.9. The lowest BCUT2D eigenvalue weighted by molar-refractivity contribution is -0.145. The van der Waals surface area contributed by atoms with E-state index in [0.717, 1.165) is 40.8 Å². The van der Waals surface area contributed by atoms with E-state index in [1.165, 1.54) is 4.88 Å². The van der Waals surface area contributed by atoms with Crippen molar-refractivity contribution in [2.75, 3.05) is 6.61 Å². The molecule has 0 saturated carbocycles. The van der Waals surface area contributed by atoms with Gasteiger partial charge in [-0.15, -0.1) is 11.3 Å². The first-order valence-corrected chi connectivity index (χ1v) is 13.4. The summed E-state index contributed by atoms with van der Waals surface area (Å²) in [5, 5.41) is 9.83. The van der Waals surface area contributed by atoms with E-state index in [0.29, 0.717) is 31.4 Å². The molecule has 0 spiro atoms. The van der Waals surface area contributed by atoms with Crippen LogP contribution < -0.4 is 0 Å². The van der Waals surface area contributed by atoms with Gasteiger partial charge in [0.1, 0.15) is 11.9 Å². The van der Waals surface area contributed by atoms with Gasteiger partial charge in [0.25, 0.3) is 0 Å². The van der Waals surface area contributed by atoms with Crippen LogP contribution in [-0.4, -0.2) is 23.3 Å². The minimum Gasteiger partial charge on any atom is -0.465 e. The van der Waals surface area contributed by atoms with Gasteiger partial charge in [0.2, 0.25) is 0 Å². The van der Waals surface area contributed by atoms with E-state index in [-0.39, 0.29) is 29.5 Å². The summed E-state index contributed by atoms with van der Waals surface area (Å²) in [5.41, 5.74) is 3.97. The number of carbonyl (C=O) groups is 2. The highest BCUT2D eigenvalue weighted by molar-refractivity contribution is 7.12. The number of carbonyl (C=O) groups excluding carboxylic acids is 2. The highest BCUT2D eigenvalue weighted by Crippen LogP contribution is 2.37. The van der Waals surface area contributed by atoms with Crippen LogP contribution in [0, 0.1) is 17.2 Å². The molecule has 0 N–H and O–H groups in total. The van der Waals surface area contributed by atoms with Crippen molar-refractivity contribution in [3.8, 4) is 6.07 Å². The summed E-state index contributed by atoms with van der Waals surface area (Å²) in [6.07, 6.45) is 7.07. The van der Waals surface area contributed by atoms with Crippen molar-refractivity contribution in [3.63, 3.8) is 0 Å². The Balaban J connectivity index is 1.31. The molecule has 5 nitrogen and oxygen atoms in total. The molecule has 0 radical (unpaired) electrons. The number of benzene rings is 1. The van der Waals surface area contributed by atoms with Crippen LogP contribution in [0.4, 0.5) is 0 Å². The highest BCUT2D eigenvalue weighted by Gasteiger charge is 2.27. The van der Waals surface area contributed by atoms with Crippen LogP contribution in [0.25, 0.3) is 0 Å². The van der Waals surface area contributed by atoms with Crippen LogP contribution >= 0.6 is 11.3 Å². The van der Waals surface area contributed by atoms with Gasteiger partial charge < -0.3 is 4.74 Å². The number of thiophene rings is 1. The standard InChI is InChI=1S/C30H32N2O3S/c1-20(23-7-4-3-5-8-23)13-25(33)16-29-27(17-31)26-11-10-22(15-28(26)36-29)19-35-30(34)14-21(2)24-9-6-12-32-18-24/h3-9,12,18,20-22H,10-11,13-16,19H2,1-2H3. The van der Waals surface area contributed by atoms with Crippen LogP contribution in [-0.2, 0) is 33.6 Å². The Morgan fingerprint density at radius 2 is 1.86 bits per heavy atom. The van der Waals surface area contributed by atoms with Crippen molar-refractivity contribution < 1.29 is 14.3 Å². The average molecular weight is 501 g/mol. The summed E-state index contributed by atoms with van der Waals surface area (Å²) in [6, 6.07) is 16.3. The third-order valence-corrected chi connectivity index (χ3v) is 8.27. The first-order valence-electron chi connectivity index (χ1n) is 12.6. The topological polar surface area (TPSA) is 80.0 Å². The van der Waals surface area contributed by atoms with Crippen LogP contribution in [0.15, 0.2) is 54.9 Å². The van der Waals surface area contributed by atoms with Crippen molar-refractivity contribution in [1.82, 2.24) is 4.98 Å². The second kappa shape index (κ2) is 12.1. The number of esters is 1. The molecule has 2 aromatic heterocycles. The number of fused-ring (bicyclic) bond motifs is 1. The molecule has 0 aliphatic heterocycles. The fraction of sp³-hybridized carbons (Fsp3) is 0.400. The molecule has 0 saturated heterocycles. The monoisotopic (exact) mass is 500 g/mol. The van der Waals surface area contributed by atoms with Gasteiger partial charge in [-0.3, -0.25) is 14.6 Å². The zero-order chi connectivity index (χ0) is 25.5. The van der Waals surface area contributed by atoms with Gasteiger partial charge in [-0.2, -0.15) is 5.26 Å². The van der Waals surface area contributed by atoms with E-state index in [9.17, 15) is 14.9 Å². The number of hydrogen-bond donors (Lipinski definition) is 0. The maximum atomic E-state index is 12.8. The highest BCUT2D eigenvalue weighted by atomic mass is 32.1. The first-order chi connectivity index (χ1) is 17.4. The van der Waals surface area contributed by atoms with Gasteiger partial charge in [-0.05, 0) is 59.8 Å². The molecule has 3 atom stereocenters. The molecule has 1 aromatic carbocycles. The first kappa shape index (κ1) is 25.8. The predicted molar refractivity (Wildman–Crippen MR) is 141 cm³/mol. The molecular weight excluding hydrogens is 468 g/mol. The zero-order valence-corrected chi connectivity index (χ0v) is 21.7. The summed E-state index contributed by atoms with van der Waals surface area (Å²) in [4.78, 5) is 31.4. The van der Waals surface area contributed by atoms with E-state index in [1.807, 2.05) is 37.3 Å². The Morgan fingerprint density at radius 1 is 1.11 bits per heavy atom. The summed E-state index contributed by atoms with van der Waals surface area (Å²) in [7, 11) is 0. The van der Waals surface area contributed by atoms with E-state index in [4.69, 9.17) is 4.74 Å². The number of pyridine rings is 1. The van der Waals surface area contributed by atoms with E-state index >= 15 is 0 Å². The van der Waals surface area contributed by atoms with Crippen LogP contribution in [0.3, 0.4) is 0 Å². The maximum Gasteiger partial charge on any atom is 0.306 e. The molecule has 2 heterocycles. The molecule has 0 fully saturated rings. The van der Waals surface area contributed by atoms with E-state index in [1.54, 1.807) is 23.7 Å². The molecule has 0 amide bonds. The number of hydrogen-bond acceptors (Lipinski definition) is 6. The number of nitrogens with zero attached hydrogens (tertiary/aromatic N) is 2. The number of nitriles is 1. The Kier molecular flexibility index (Phi) is 8.66. The molecule has 186 valence electrons. The van der Waals surface area contributed by atoms with Crippen LogP contribution in [0.2, 0.25) is 0 Å². The average Bonchev–Trinajstić information content (AvgIpc) is 3.24. The van der Waals surface area contributed by atoms with Crippen molar-refractivity contribution in [2.45, 2.75) is 64.2 Å². The Labute approximate surface area is 217 Å². The Morgan fingerprint density at radius 3 is 2.58 bits per heavy atom. The van der Waals surface area contributed by atoms with Crippen molar-refractivity contribution in [2.24, 2.45) is 5.92 Å². The number of aromatic nitrogens is 1. The lowest BCUT2D eigenvalue weighted by atomic mass is 9.87. The summed E-state index contributed by atoms with van der Waals surface area (Å²) in [5.74, 6) is 0.416. The van der Waals surface area contributed by atoms with E-state index in [2.05, 4.69) is 30.1 Å². The van der Waals surface area contributed by atoms with Crippen molar-refractivity contribution in [3.05, 3.63) is 86.9 Å². The predicted octanol–water partition coefficient (Wildman–Crippen LogP) is 6.16.